The molecular weight excluding hydrogens is 334 g/mol. The first kappa shape index (κ1) is 17.2. The summed E-state index contributed by atoms with van der Waals surface area (Å²) in [5, 5.41) is 16.8. The Morgan fingerprint density at radius 3 is 2.80 bits per heavy atom. The molecule has 1 heterocycles. The molecule has 3 aromatic rings. The Balaban J connectivity index is 1.52. The van der Waals surface area contributed by atoms with Crippen LogP contribution in [0.3, 0.4) is 0 Å². The van der Waals surface area contributed by atoms with E-state index in [0.717, 1.165) is 17.0 Å². The van der Waals surface area contributed by atoms with Crippen LogP contribution in [0.25, 0.3) is 11.4 Å². The number of rotatable bonds is 6. The molecular formula is C18H19N5OS. The summed E-state index contributed by atoms with van der Waals surface area (Å²) in [6.07, 6.45) is 0.448. The number of aromatic nitrogens is 4. The van der Waals surface area contributed by atoms with E-state index in [0.29, 0.717) is 12.2 Å². The Morgan fingerprint density at radius 2 is 2.04 bits per heavy atom. The highest BCUT2D eigenvalue weighted by atomic mass is 32.2. The summed E-state index contributed by atoms with van der Waals surface area (Å²) in [4.78, 5) is 13.3. The number of hydrogen-bond donors (Lipinski definition) is 2. The van der Waals surface area contributed by atoms with E-state index in [1.807, 2.05) is 24.3 Å². The van der Waals surface area contributed by atoms with Gasteiger partial charge in [-0.25, -0.2) is 0 Å². The molecule has 2 aromatic carbocycles. The van der Waals surface area contributed by atoms with E-state index in [4.69, 9.17) is 0 Å². The number of thioether (sulfide) groups is 1. The maximum absolute atomic E-state index is 12.1. The van der Waals surface area contributed by atoms with Crippen LogP contribution < -0.4 is 5.32 Å². The third-order valence-electron chi connectivity index (χ3n) is 3.83. The monoisotopic (exact) mass is 353 g/mol. The number of aromatic amines is 1. The molecule has 3 rings (SSSR count). The van der Waals surface area contributed by atoms with E-state index < -0.39 is 0 Å². The average molecular weight is 353 g/mol. The molecule has 0 saturated carbocycles. The summed E-state index contributed by atoms with van der Waals surface area (Å²) < 4.78 is 0. The van der Waals surface area contributed by atoms with Crippen LogP contribution in [-0.4, -0.2) is 32.3 Å². The number of amides is 1. The fourth-order valence-electron chi connectivity index (χ4n) is 2.31. The lowest BCUT2D eigenvalue weighted by molar-refractivity contribution is -0.115. The number of H-pyrrole nitrogens is 1. The highest BCUT2D eigenvalue weighted by molar-refractivity contribution is 7.99. The minimum atomic E-state index is -0.0124. The third kappa shape index (κ3) is 4.67. The first-order valence-corrected chi connectivity index (χ1v) is 8.94. The molecule has 0 bridgehead atoms. The van der Waals surface area contributed by atoms with Crippen molar-refractivity contribution < 1.29 is 4.79 Å². The molecule has 0 aliphatic rings. The van der Waals surface area contributed by atoms with Gasteiger partial charge in [-0.05, 0) is 54.5 Å². The topological polar surface area (TPSA) is 83.6 Å². The lowest BCUT2D eigenvalue weighted by Crippen LogP contribution is -2.12. The Hall–Kier alpha value is -2.67. The minimum absolute atomic E-state index is 0.0124. The van der Waals surface area contributed by atoms with E-state index >= 15 is 0 Å². The first-order valence-electron chi connectivity index (χ1n) is 7.95. The van der Waals surface area contributed by atoms with Crippen molar-refractivity contribution in [2.45, 2.75) is 25.2 Å². The Bertz CT molecular complexity index is 864. The summed E-state index contributed by atoms with van der Waals surface area (Å²) >= 11 is 1.69. The van der Waals surface area contributed by atoms with E-state index in [1.165, 1.54) is 16.0 Å². The van der Waals surface area contributed by atoms with Gasteiger partial charge in [-0.3, -0.25) is 4.79 Å². The van der Waals surface area contributed by atoms with Gasteiger partial charge in [0, 0.05) is 28.3 Å². The number of aryl methyl sites for hydroxylation is 2. The van der Waals surface area contributed by atoms with Crippen molar-refractivity contribution >= 4 is 23.4 Å². The maximum Gasteiger partial charge on any atom is 0.225 e. The van der Waals surface area contributed by atoms with Crippen molar-refractivity contribution in [3.8, 4) is 11.4 Å². The fourth-order valence-corrected chi connectivity index (χ4v) is 3.26. The Morgan fingerprint density at radius 1 is 1.16 bits per heavy atom. The van der Waals surface area contributed by atoms with Gasteiger partial charge in [0.05, 0.1) is 0 Å². The summed E-state index contributed by atoms with van der Waals surface area (Å²) in [6, 6.07) is 13.8. The van der Waals surface area contributed by atoms with E-state index in [2.05, 4.69) is 58.0 Å². The van der Waals surface area contributed by atoms with Gasteiger partial charge in [0.15, 0.2) is 0 Å². The van der Waals surface area contributed by atoms with Crippen molar-refractivity contribution in [2.24, 2.45) is 0 Å². The number of anilines is 1. The summed E-state index contributed by atoms with van der Waals surface area (Å²) in [6.45, 7) is 4.20. The zero-order valence-electron chi connectivity index (χ0n) is 14.1. The predicted octanol–water partition coefficient (Wildman–Crippen LogP) is 3.60. The quantitative estimate of drug-likeness (QED) is 0.662. The van der Waals surface area contributed by atoms with Gasteiger partial charge in [-0.2, -0.15) is 5.21 Å². The van der Waals surface area contributed by atoms with Crippen LogP contribution in [0.2, 0.25) is 0 Å². The zero-order valence-corrected chi connectivity index (χ0v) is 14.9. The molecule has 6 nitrogen and oxygen atoms in total. The van der Waals surface area contributed by atoms with Crippen molar-refractivity contribution in [1.29, 1.82) is 0 Å². The van der Waals surface area contributed by atoms with E-state index in [-0.39, 0.29) is 5.91 Å². The molecule has 25 heavy (non-hydrogen) atoms. The molecule has 0 aliphatic carbocycles. The van der Waals surface area contributed by atoms with Crippen LogP contribution in [0.1, 0.15) is 17.5 Å². The average Bonchev–Trinajstić information content (AvgIpc) is 3.13. The smallest absolute Gasteiger partial charge is 0.225 e. The van der Waals surface area contributed by atoms with Crippen LogP contribution in [-0.2, 0) is 4.79 Å². The van der Waals surface area contributed by atoms with Gasteiger partial charge in [0.2, 0.25) is 11.7 Å². The summed E-state index contributed by atoms with van der Waals surface area (Å²) in [5.41, 5.74) is 4.08. The fraction of sp³-hybridized carbons (Fsp3) is 0.222. The molecule has 7 heteroatoms. The highest BCUT2D eigenvalue weighted by Gasteiger charge is 2.07. The SMILES string of the molecule is Cc1ccc(SCCC(=O)Nc2cccc(-c3nn[nH]n3)c2)cc1C. The third-order valence-corrected chi connectivity index (χ3v) is 4.82. The Kier molecular flexibility index (Phi) is 5.45. The molecule has 128 valence electrons. The van der Waals surface area contributed by atoms with Crippen LogP contribution in [0, 0.1) is 13.8 Å². The molecule has 0 radical (unpaired) electrons. The number of carbonyl (C=O) groups excluding carboxylic acids is 1. The highest BCUT2D eigenvalue weighted by Crippen LogP contribution is 2.22. The maximum atomic E-state index is 12.1. The summed E-state index contributed by atoms with van der Waals surface area (Å²) in [5.74, 6) is 1.22. The number of carbonyl (C=O) groups is 1. The van der Waals surface area contributed by atoms with Crippen LogP contribution in [0.5, 0.6) is 0 Å². The number of tetrazole rings is 1. The molecule has 0 unspecified atom stereocenters. The molecule has 0 fully saturated rings. The standard InChI is InChI=1S/C18H19N5OS/c1-12-6-7-16(10-13(12)2)25-9-8-17(24)19-15-5-3-4-14(11-15)18-20-22-23-21-18/h3-7,10-11H,8-9H2,1-2H3,(H,19,24)(H,20,21,22,23). The van der Waals surface area contributed by atoms with E-state index in [9.17, 15) is 4.79 Å². The number of hydrogen-bond acceptors (Lipinski definition) is 5. The molecule has 2 N–H and O–H groups in total. The normalized spacial score (nSPS) is 10.6. The van der Waals surface area contributed by atoms with Crippen molar-refractivity contribution in [3.05, 3.63) is 53.6 Å². The second-order valence-corrected chi connectivity index (χ2v) is 6.88. The first-order chi connectivity index (χ1) is 12.1. The number of nitrogens with one attached hydrogen (secondary N) is 2. The minimum Gasteiger partial charge on any atom is -0.326 e. The molecule has 1 aromatic heterocycles. The number of nitrogens with zero attached hydrogens (tertiary/aromatic N) is 3. The predicted molar refractivity (Wildman–Crippen MR) is 99.5 cm³/mol. The van der Waals surface area contributed by atoms with Gasteiger partial charge >= 0.3 is 0 Å². The van der Waals surface area contributed by atoms with Gasteiger partial charge in [0.25, 0.3) is 0 Å². The van der Waals surface area contributed by atoms with Gasteiger partial charge < -0.3 is 5.32 Å². The van der Waals surface area contributed by atoms with Crippen LogP contribution in [0.4, 0.5) is 5.69 Å². The zero-order chi connectivity index (χ0) is 17.6. The molecule has 0 spiro atoms. The molecule has 1 amide bonds. The second-order valence-electron chi connectivity index (χ2n) is 5.71. The lowest BCUT2D eigenvalue weighted by atomic mass is 10.1. The van der Waals surface area contributed by atoms with E-state index in [1.54, 1.807) is 11.8 Å². The molecule has 0 saturated heterocycles. The van der Waals surface area contributed by atoms with Crippen LogP contribution >= 0.6 is 11.8 Å². The largest absolute Gasteiger partial charge is 0.326 e. The van der Waals surface area contributed by atoms with Crippen molar-refractivity contribution in [3.63, 3.8) is 0 Å². The van der Waals surface area contributed by atoms with Crippen LogP contribution in [0.15, 0.2) is 47.4 Å². The lowest BCUT2D eigenvalue weighted by Gasteiger charge is -2.07. The Labute approximate surface area is 150 Å². The van der Waals surface area contributed by atoms with Gasteiger partial charge in [-0.1, -0.05) is 18.2 Å². The second kappa shape index (κ2) is 7.94. The van der Waals surface area contributed by atoms with Gasteiger partial charge in [0.1, 0.15) is 0 Å². The number of benzene rings is 2. The molecule has 0 aliphatic heterocycles. The molecule has 0 atom stereocenters. The summed E-state index contributed by atoms with van der Waals surface area (Å²) in [7, 11) is 0. The van der Waals surface area contributed by atoms with Gasteiger partial charge in [-0.15, -0.1) is 22.0 Å². The van der Waals surface area contributed by atoms with Crippen molar-refractivity contribution in [1.82, 2.24) is 20.6 Å². The van der Waals surface area contributed by atoms with Crippen molar-refractivity contribution in [2.75, 3.05) is 11.1 Å².